The first-order valence-corrected chi connectivity index (χ1v) is 12.3. The second kappa shape index (κ2) is 8.90. The van der Waals surface area contributed by atoms with Crippen LogP contribution >= 0.6 is 0 Å². The van der Waals surface area contributed by atoms with Crippen molar-refractivity contribution in [1.82, 2.24) is 14.8 Å². The topological polar surface area (TPSA) is 56.4 Å². The van der Waals surface area contributed by atoms with E-state index in [1.54, 1.807) is 12.1 Å². The minimum absolute atomic E-state index is 0.00755. The Morgan fingerprint density at radius 3 is 2.59 bits per heavy atom. The Morgan fingerprint density at radius 1 is 1.12 bits per heavy atom. The smallest absolute Gasteiger partial charge is 0.270 e. The van der Waals surface area contributed by atoms with Gasteiger partial charge in [-0.15, -0.1) is 0 Å². The van der Waals surface area contributed by atoms with Gasteiger partial charge in [0.25, 0.3) is 5.91 Å². The largest absolute Gasteiger partial charge is 0.351 e. The molecule has 178 valence electrons. The third-order valence-corrected chi connectivity index (χ3v) is 7.47. The van der Waals surface area contributed by atoms with E-state index in [4.69, 9.17) is 0 Å². The molecule has 2 amide bonds. The van der Waals surface area contributed by atoms with Crippen LogP contribution in [0.2, 0.25) is 0 Å². The van der Waals surface area contributed by atoms with Crippen LogP contribution in [0.15, 0.2) is 54.6 Å². The molecule has 2 aromatic carbocycles. The molecule has 0 saturated carbocycles. The molecule has 0 unspecified atom stereocenters. The molecule has 1 N–H and O–H groups in total. The molecule has 6 heteroatoms. The number of benzene rings is 2. The first-order valence-electron chi connectivity index (χ1n) is 12.3. The van der Waals surface area contributed by atoms with Crippen molar-refractivity contribution in [2.24, 2.45) is 11.3 Å². The molecule has 0 bridgehead atoms. The van der Waals surface area contributed by atoms with Crippen LogP contribution in [0.5, 0.6) is 0 Å². The minimum atomic E-state index is -0.426. The molecule has 2 aliphatic heterocycles. The number of piperidine rings is 1. The summed E-state index contributed by atoms with van der Waals surface area (Å²) in [5.41, 5.74) is 2.05. The highest BCUT2D eigenvalue weighted by Gasteiger charge is 2.52. The molecule has 5 nitrogen and oxygen atoms in total. The Kier molecular flexibility index (Phi) is 5.92. The minimum Gasteiger partial charge on any atom is -0.351 e. The number of carbonyl (C=O) groups is 2. The number of hydrogen-bond acceptors (Lipinski definition) is 2. The second-order valence-electron chi connectivity index (χ2n) is 10.4. The fourth-order valence-corrected chi connectivity index (χ4v) is 5.78. The first-order chi connectivity index (χ1) is 16.3. The molecule has 2 saturated heterocycles. The third-order valence-electron chi connectivity index (χ3n) is 7.47. The zero-order valence-electron chi connectivity index (χ0n) is 19.9. The van der Waals surface area contributed by atoms with Gasteiger partial charge in [-0.3, -0.25) is 9.59 Å². The average Bonchev–Trinajstić information content (AvgIpc) is 3.35. The standard InChI is InChI=1S/C28H32FN3O2/c1-19(2)18-32-23(15-20-6-5-8-22(29)14-20)17-28(27(32)34)10-12-31(13-11-28)26(33)25-16-21-7-3-4-9-24(21)30-25/h3-9,14,16,19,23,30H,10-13,15,17-18H2,1-2H3/t23-/m0/s1. The number of rotatable bonds is 5. The predicted octanol–water partition coefficient (Wildman–Crippen LogP) is 5.03. The van der Waals surface area contributed by atoms with Gasteiger partial charge in [-0.25, -0.2) is 4.39 Å². The zero-order chi connectivity index (χ0) is 23.9. The van der Waals surface area contributed by atoms with Crippen molar-refractivity contribution in [1.29, 1.82) is 0 Å². The molecule has 3 heterocycles. The molecule has 34 heavy (non-hydrogen) atoms. The Hall–Kier alpha value is -3.15. The number of halogens is 1. The summed E-state index contributed by atoms with van der Waals surface area (Å²) >= 11 is 0. The SMILES string of the molecule is CC(C)CN1C(=O)C2(CCN(C(=O)c3cc4ccccc4[nH]3)CC2)C[C@@H]1Cc1cccc(F)c1. The van der Waals surface area contributed by atoms with E-state index in [0.29, 0.717) is 50.5 Å². The van der Waals surface area contributed by atoms with E-state index in [2.05, 4.69) is 18.8 Å². The summed E-state index contributed by atoms with van der Waals surface area (Å²) in [4.78, 5) is 34.0. The molecule has 2 fully saturated rings. The van der Waals surface area contributed by atoms with Crippen molar-refractivity contribution >= 4 is 22.7 Å². The van der Waals surface area contributed by atoms with E-state index in [1.165, 1.54) is 6.07 Å². The van der Waals surface area contributed by atoms with Crippen LogP contribution in [0.1, 0.15) is 49.2 Å². The van der Waals surface area contributed by atoms with Gasteiger partial charge < -0.3 is 14.8 Å². The number of aromatic nitrogens is 1. The van der Waals surface area contributed by atoms with Crippen molar-refractivity contribution < 1.29 is 14.0 Å². The van der Waals surface area contributed by atoms with E-state index < -0.39 is 5.41 Å². The Balaban J connectivity index is 1.31. The van der Waals surface area contributed by atoms with Gasteiger partial charge in [-0.05, 0) is 61.4 Å². The molecule has 2 aliphatic rings. The van der Waals surface area contributed by atoms with Crippen LogP contribution in [-0.4, -0.2) is 52.3 Å². The quantitative estimate of drug-likeness (QED) is 0.580. The summed E-state index contributed by atoms with van der Waals surface area (Å²) in [6, 6.07) is 16.5. The van der Waals surface area contributed by atoms with Crippen LogP contribution in [0.4, 0.5) is 4.39 Å². The lowest BCUT2D eigenvalue weighted by Gasteiger charge is -2.38. The van der Waals surface area contributed by atoms with Gasteiger partial charge in [0, 0.05) is 36.6 Å². The number of nitrogens with zero attached hydrogens (tertiary/aromatic N) is 2. The fraction of sp³-hybridized carbons (Fsp3) is 0.429. The first kappa shape index (κ1) is 22.6. The molecular weight excluding hydrogens is 429 g/mol. The lowest BCUT2D eigenvalue weighted by molar-refractivity contribution is -0.139. The van der Waals surface area contributed by atoms with Crippen LogP contribution in [0, 0.1) is 17.2 Å². The zero-order valence-corrected chi connectivity index (χ0v) is 19.9. The summed E-state index contributed by atoms with van der Waals surface area (Å²) in [7, 11) is 0. The van der Waals surface area contributed by atoms with E-state index >= 15 is 0 Å². The molecule has 0 aliphatic carbocycles. The third kappa shape index (κ3) is 4.22. The Labute approximate surface area is 199 Å². The van der Waals surface area contributed by atoms with Gasteiger partial charge in [0.2, 0.25) is 5.91 Å². The fourth-order valence-electron chi connectivity index (χ4n) is 5.78. The number of nitrogens with one attached hydrogen (secondary N) is 1. The molecule has 1 atom stereocenters. The average molecular weight is 462 g/mol. The number of likely N-dealkylation sites (tertiary alicyclic amines) is 2. The van der Waals surface area contributed by atoms with E-state index in [1.807, 2.05) is 46.2 Å². The maximum absolute atomic E-state index is 13.8. The summed E-state index contributed by atoms with van der Waals surface area (Å²) in [5.74, 6) is 0.320. The summed E-state index contributed by atoms with van der Waals surface area (Å²) < 4.78 is 13.8. The number of carbonyl (C=O) groups excluding carboxylic acids is 2. The molecular formula is C28H32FN3O2. The lowest BCUT2D eigenvalue weighted by Crippen LogP contribution is -2.47. The van der Waals surface area contributed by atoms with Crippen molar-refractivity contribution in [3.05, 3.63) is 71.7 Å². The number of para-hydroxylation sites is 1. The van der Waals surface area contributed by atoms with Crippen molar-refractivity contribution in [3.8, 4) is 0 Å². The maximum Gasteiger partial charge on any atom is 0.270 e. The molecule has 1 aromatic heterocycles. The predicted molar refractivity (Wildman–Crippen MR) is 131 cm³/mol. The second-order valence-corrected chi connectivity index (χ2v) is 10.4. The summed E-state index contributed by atoms with van der Waals surface area (Å²) in [6.45, 7) is 6.10. The molecule has 5 rings (SSSR count). The maximum atomic E-state index is 13.8. The van der Waals surface area contributed by atoms with E-state index in [-0.39, 0.29) is 23.7 Å². The highest BCUT2D eigenvalue weighted by molar-refractivity contribution is 5.98. The highest BCUT2D eigenvalue weighted by Crippen LogP contribution is 2.45. The Morgan fingerprint density at radius 2 is 1.88 bits per heavy atom. The van der Waals surface area contributed by atoms with Crippen LogP contribution in [0.25, 0.3) is 10.9 Å². The van der Waals surface area contributed by atoms with Gasteiger partial charge in [-0.2, -0.15) is 0 Å². The van der Waals surface area contributed by atoms with Crippen LogP contribution in [-0.2, 0) is 11.2 Å². The molecule has 0 radical (unpaired) electrons. The van der Waals surface area contributed by atoms with Gasteiger partial charge in [0.05, 0.1) is 5.41 Å². The summed E-state index contributed by atoms with van der Waals surface area (Å²) in [5, 5.41) is 1.02. The number of amides is 2. The normalized spacial score (nSPS) is 20.1. The number of fused-ring (bicyclic) bond motifs is 1. The number of H-pyrrole nitrogens is 1. The molecule has 3 aromatic rings. The monoisotopic (exact) mass is 461 g/mol. The van der Waals surface area contributed by atoms with E-state index in [0.717, 1.165) is 22.9 Å². The Bertz CT molecular complexity index is 1180. The van der Waals surface area contributed by atoms with Gasteiger partial charge in [-0.1, -0.05) is 44.2 Å². The number of hydrogen-bond donors (Lipinski definition) is 1. The number of aromatic amines is 1. The van der Waals surface area contributed by atoms with E-state index in [9.17, 15) is 14.0 Å². The van der Waals surface area contributed by atoms with Gasteiger partial charge >= 0.3 is 0 Å². The van der Waals surface area contributed by atoms with Crippen molar-refractivity contribution in [2.45, 2.75) is 45.6 Å². The van der Waals surface area contributed by atoms with Gasteiger partial charge in [0.15, 0.2) is 0 Å². The summed E-state index contributed by atoms with van der Waals surface area (Å²) in [6.07, 6.45) is 2.78. The van der Waals surface area contributed by atoms with Crippen molar-refractivity contribution in [3.63, 3.8) is 0 Å². The molecule has 1 spiro atoms. The van der Waals surface area contributed by atoms with Crippen LogP contribution < -0.4 is 0 Å². The van der Waals surface area contributed by atoms with Gasteiger partial charge in [0.1, 0.15) is 11.5 Å². The van der Waals surface area contributed by atoms with Crippen LogP contribution in [0.3, 0.4) is 0 Å². The highest BCUT2D eigenvalue weighted by atomic mass is 19.1. The van der Waals surface area contributed by atoms with Crippen molar-refractivity contribution in [2.75, 3.05) is 19.6 Å². The lowest BCUT2D eigenvalue weighted by atomic mass is 9.75.